The zero-order chi connectivity index (χ0) is 15.6. The van der Waals surface area contributed by atoms with E-state index in [-0.39, 0.29) is 9.77 Å². The van der Waals surface area contributed by atoms with Gasteiger partial charge in [0.05, 0.1) is 4.90 Å². The molecule has 7 heteroatoms. The van der Waals surface area contributed by atoms with Gasteiger partial charge in [-0.3, -0.25) is 0 Å². The average Bonchev–Trinajstić information content (AvgIpc) is 2.82. The van der Waals surface area contributed by atoms with Crippen LogP contribution in [0.4, 0.5) is 0 Å². The number of nitrogens with one attached hydrogen (secondary N) is 1. The minimum atomic E-state index is -3.75. The number of carboxylic acid groups (broad SMARTS) is 1. The lowest BCUT2D eigenvalue weighted by Gasteiger charge is -2.14. The third-order valence-corrected chi connectivity index (χ3v) is 5.84. The second-order valence-corrected chi connectivity index (χ2v) is 7.53. The van der Waals surface area contributed by atoms with Crippen LogP contribution < -0.4 is 4.72 Å². The van der Waals surface area contributed by atoms with Crippen molar-refractivity contribution in [3.8, 4) is 0 Å². The highest BCUT2D eigenvalue weighted by atomic mass is 32.2. The molecule has 2 aromatic rings. The van der Waals surface area contributed by atoms with Gasteiger partial charge in [0.15, 0.2) is 0 Å². The predicted octanol–water partition coefficient (Wildman–Crippen LogP) is 2.79. The van der Waals surface area contributed by atoms with Gasteiger partial charge in [-0.05, 0) is 25.5 Å². The van der Waals surface area contributed by atoms with Crippen LogP contribution in [-0.4, -0.2) is 19.5 Å². The third kappa shape index (κ3) is 3.49. The number of rotatable bonds is 5. The van der Waals surface area contributed by atoms with Gasteiger partial charge >= 0.3 is 5.97 Å². The summed E-state index contributed by atoms with van der Waals surface area (Å²) < 4.78 is 27.3. The molecule has 112 valence electrons. The number of aryl methyl sites for hydroxylation is 1. The molecule has 0 saturated carbocycles. The summed E-state index contributed by atoms with van der Waals surface area (Å²) >= 11 is 0.954. The second-order valence-electron chi connectivity index (χ2n) is 4.59. The summed E-state index contributed by atoms with van der Waals surface area (Å²) in [5, 5.41) is 8.94. The van der Waals surface area contributed by atoms with Crippen LogP contribution in [0.25, 0.3) is 0 Å². The Balaban J connectivity index is 2.29. The molecule has 2 N–H and O–H groups in total. The lowest BCUT2D eigenvalue weighted by molar-refractivity contribution is 0.0702. The summed E-state index contributed by atoms with van der Waals surface area (Å²) in [6.45, 7) is 3.34. The molecule has 5 nitrogen and oxygen atoms in total. The summed E-state index contributed by atoms with van der Waals surface area (Å²) in [7, 11) is -3.75. The highest BCUT2D eigenvalue weighted by molar-refractivity contribution is 7.89. The van der Waals surface area contributed by atoms with Crippen LogP contribution in [0, 0.1) is 6.92 Å². The first-order valence-corrected chi connectivity index (χ1v) is 8.52. The summed E-state index contributed by atoms with van der Waals surface area (Å²) in [4.78, 5) is 11.4. The van der Waals surface area contributed by atoms with Gasteiger partial charge in [-0.2, -0.15) is 0 Å². The minimum absolute atomic E-state index is 0.0141. The van der Waals surface area contributed by atoms with E-state index in [1.807, 2.05) is 30.3 Å². The summed E-state index contributed by atoms with van der Waals surface area (Å²) in [5.41, 5.74) is 0.840. The maximum absolute atomic E-state index is 12.4. The largest absolute Gasteiger partial charge is 0.477 e. The van der Waals surface area contributed by atoms with E-state index in [4.69, 9.17) is 5.11 Å². The Labute approximate surface area is 127 Å². The number of hydrogen-bond acceptors (Lipinski definition) is 4. The van der Waals surface area contributed by atoms with E-state index in [1.54, 1.807) is 13.8 Å². The molecule has 0 amide bonds. The number of carboxylic acids is 1. The van der Waals surface area contributed by atoms with Crippen molar-refractivity contribution in [1.82, 2.24) is 4.72 Å². The van der Waals surface area contributed by atoms with Gasteiger partial charge in [-0.1, -0.05) is 30.3 Å². The molecule has 0 aliphatic rings. The van der Waals surface area contributed by atoms with Crippen molar-refractivity contribution < 1.29 is 18.3 Å². The summed E-state index contributed by atoms with van der Waals surface area (Å²) in [5.74, 6) is -1.12. The third-order valence-electron chi connectivity index (χ3n) is 3.00. The Bertz CT molecular complexity index is 751. The van der Waals surface area contributed by atoms with Crippen molar-refractivity contribution >= 4 is 27.3 Å². The fourth-order valence-corrected chi connectivity index (χ4v) is 4.61. The Morgan fingerprint density at radius 2 is 1.90 bits per heavy atom. The van der Waals surface area contributed by atoms with E-state index in [2.05, 4.69) is 4.72 Å². The van der Waals surface area contributed by atoms with Crippen LogP contribution in [0.2, 0.25) is 0 Å². The monoisotopic (exact) mass is 325 g/mol. The molecule has 1 unspecified atom stereocenters. The number of thiophene rings is 1. The number of sulfonamides is 1. The Hall–Kier alpha value is -1.70. The maximum Gasteiger partial charge on any atom is 0.345 e. The van der Waals surface area contributed by atoms with E-state index in [0.717, 1.165) is 16.9 Å². The molecule has 0 aliphatic carbocycles. The van der Waals surface area contributed by atoms with Crippen LogP contribution in [0.3, 0.4) is 0 Å². The van der Waals surface area contributed by atoms with Crippen LogP contribution >= 0.6 is 11.3 Å². The first kappa shape index (κ1) is 15.7. The van der Waals surface area contributed by atoms with E-state index in [9.17, 15) is 13.2 Å². The second kappa shape index (κ2) is 5.97. The Morgan fingerprint density at radius 1 is 1.29 bits per heavy atom. The molecule has 0 bridgehead atoms. The molecule has 0 fully saturated rings. The topological polar surface area (TPSA) is 83.5 Å². The number of benzene rings is 1. The molecular formula is C14H15NO4S2. The predicted molar refractivity (Wildman–Crippen MR) is 81.2 cm³/mol. The molecule has 0 spiro atoms. The SMILES string of the molecule is Cc1sc(C(=O)O)cc1S(=O)(=O)NC(C)c1ccccc1. The van der Waals surface area contributed by atoms with Crippen molar-refractivity contribution in [1.29, 1.82) is 0 Å². The maximum atomic E-state index is 12.4. The molecule has 1 aromatic heterocycles. The molecular weight excluding hydrogens is 310 g/mol. The normalized spacial score (nSPS) is 13.0. The fourth-order valence-electron chi connectivity index (χ4n) is 1.94. The van der Waals surface area contributed by atoms with E-state index < -0.39 is 22.0 Å². The van der Waals surface area contributed by atoms with Crippen LogP contribution in [0.5, 0.6) is 0 Å². The van der Waals surface area contributed by atoms with Gasteiger partial charge in [-0.25, -0.2) is 17.9 Å². The first-order chi connectivity index (χ1) is 9.81. The fraction of sp³-hybridized carbons (Fsp3) is 0.214. The zero-order valence-electron chi connectivity index (χ0n) is 11.5. The molecule has 2 rings (SSSR count). The quantitative estimate of drug-likeness (QED) is 0.885. The Kier molecular flexibility index (Phi) is 4.46. The van der Waals surface area contributed by atoms with Crippen molar-refractivity contribution in [2.24, 2.45) is 0 Å². The first-order valence-electron chi connectivity index (χ1n) is 6.22. The lowest BCUT2D eigenvalue weighted by atomic mass is 10.1. The molecule has 21 heavy (non-hydrogen) atoms. The van der Waals surface area contributed by atoms with Gasteiger partial charge in [0.25, 0.3) is 0 Å². The molecule has 1 atom stereocenters. The van der Waals surface area contributed by atoms with Gasteiger partial charge in [0.2, 0.25) is 10.0 Å². The minimum Gasteiger partial charge on any atom is -0.477 e. The van der Waals surface area contributed by atoms with Crippen LogP contribution in [-0.2, 0) is 10.0 Å². The molecule has 0 radical (unpaired) electrons. The highest BCUT2D eigenvalue weighted by Crippen LogP contribution is 2.27. The van der Waals surface area contributed by atoms with Crippen molar-refractivity contribution in [3.05, 3.63) is 51.7 Å². The summed E-state index contributed by atoms with van der Waals surface area (Å²) in [6.07, 6.45) is 0. The van der Waals surface area contributed by atoms with Crippen molar-refractivity contribution in [2.45, 2.75) is 24.8 Å². The van der Waals surface area contributed by atoms with E-state index >= 15 is 0 Å². The van der Waals surface area contributed by atoms with Crippen molar-refractivity contribution in [3.63, 3.8) is 0 Å². The standard InChI is InChI=1S/C14H15NO4S2/c1-9(11-6-4-3-5-7-11)15-21(18,19)13-8-12(14(16)17)20-10(13)2/h3-9,15H,1-2H3,(H,16,17). The van der Waals surface area contributed by atoms with Gasteiger partial charge in [-0.15, -0.1) is 11.3 Å². The molecule has 0 saturated heterocycles. The lowest BCUT2D eigenvalue weighted by Crippen LogP contribution is -2.27. The summed E-state index contributed by atoms with van der Waals surface area (Å²) in [6, 6.07) is 9.97. The van der Waals surface area contributed by atoms with Crippen LogP contribution in [0.1, 0.15) is 33.1 Å². The van der Waals surface area contributed by atoms with Crippen molar-refractivity contribution in [2.75, 3.05) is 0 Å². The smallest absolute Gasteiger partial charge is 0.345 e. The Morgan fingerprint density at radius 3 is 2.43 bits per heavy atom. The number of carbonyl (C=O) groups is 1. The zero-order valence-corrected chi connectivity index (χ0v) is 13.2. The van der Waals surface area contributed by atoms with E-state index in [1.165, 1.54) is 6.07 Å². The number of hydrogen-bond donors (Lipinski definition) is 2. The molecule has 1 aromatic carbocycles. The average molecular weight is 325 g/mol. The van der Waals surface area contributed by atoms with Gasteiger partial charge in [0, 0.05) is 10.9 Å². The molecule has 1 heterocycles. The number of aromatic carboxylic acids is 1. The van der Waals surface area contributed by atoms with Gasteiger partial charge in [0.1, 0.15) is 4.88 Å². The van der Waals surface area contributed by atoms with E-state index in [0.29, 0.717) is 4.88 Å². The van der Waals surface area contributed by atoms with Crippen LogP contribution in [0.15, 0.2) is 41.3 Å². The molecule has 0 aliphatic heterocycles. The van der Waals surface area contributed by atoms with Gasteiger partial charge < -0.3 is 5.11 Å². The highest BCUT2D eigenvalue weighted by Gasteiger charge is 2.24.